The summed E-state index contributed by atoms with van der Waals surface area (Å²) in [6.45, 7) is 3.34. The number of halogens is 6. The monoisotopic (exact) mass is 514 g/mol. The molecule has 5 unspecified atom stereocenters. The van der Waals surface area contributed by atoms with Crippen molar-refractivity contribution >= 4 is 81.8 Å². The molecule has 0 amide bonds. The lowest BCUT2D eigenvalue weighted by atomic mass is 10.3. The van der Waals surface area contributed by atoms with Crippen LogP contribution in [0.15, 0.2) is 0 Å². The number of phosphoric ester groups is 1. The molecule has 0 saturated heterocycles. The molecule has 0 N–H and O–H groups in total. The quantitative estimate of drug-likeness (QED) is 0.222. The minimum atomic E-state index is -4.00. The molecule has 0 aromatic rings. The number of hydrogen-bond donors (Lipinski definition) is 0. The lowest BCUT2D eigenvalue weighted by Gasteiger charge is -2.30. The van der Waals surface area contributed by atoms with Crippen LogP contribution in [-0.4, -0.2) is 52.0 Å². The van der Waals surface area contributed by atoms with E-state index in [4.69, 9.17) is 71.6 Å². The van der Waals surface area contributed by atoms with Crippen molar-refractivity contribution in [2.24, 2.45) is 0 Å². The minimum absolute atomic E-state index is 0.0256. The minimum Gasteiger partial charge on any atom is -0.283 e. The van der Waals surface area contributed by atoms with Crippen LogP contribution in [0, 0.1) is 0 Å². The van der Waals surface area contributed by atoms with Gasteiger partial charge in [0.15, 0.2) is 0 Å². The first-order chi connectivity index (χ1) is 10.7. The molecule has 0 fully saturated rings. The van der Waals surface area contributed by atoms with Crippen LogP contribution < -0.4 is 0 Å². The second kappa shape index (κ2) is 13.2. The average molecular weight is 517 g/mol. The van der Waals surface area contributed by atoms with Gasteiger partial charge in [0.25, 0.3) is 0 Å². The number of phosphoric acid groups is 1. The van der Waals surface area contributed by atoms with E-state index in [1.807, 2.05) is 0 Å². The third-order valence-corrected chi connectivity index (χ3v) is 6.46. The van der Waals surface area contributed by atoms with Crippen LogP contribution in [-0.2, 0) is 18.1 Å². The molecule has 4 nitrogen and oxygen atoms in total. The Labute approximate surface area is 171 Å². The molecule has 0 aromatic heterocycles. The van der Waals surface area contributed by atoms with Crippen LogP contribution in [0.2, 0.25) is 0 Å². The van der Waals surface area contributed by atoms with Crippen LogP contribution in [0.1, 0.15) is 20.3 Å². The standard InChI is InChI=1S/C12H21BrCl5O4P/c1-8(17)11(6-15)21-23(19,20-10(5-13)3-4-14)22-12(7-16)9(2)18/h8-12H,3-7H2,1-2H3. The molecule has 0 spiro atoms. The number of hydrogen-bond acceptors (Lipinski definition) is 4. The van der Waals surface area contributed by atoms with Gasteiger partial charge in [-0.05, 0) is 20.3 Å². The maximum Gasteiger partial charge on any atom is 0.475 e. The summed E-state index contributed by atoms with van der Waals surface area (Å²) in [6, 6.07) is 0. The van der Waals surface area contributed by atoms with Crippen LogP contribution in [0.25, 0.3) is 0 Å². The lowest BCUT2D eigenvalue weighted by molar-refractivity contribution is 0.0453. The fourth-order valence-corrected chi connectivity index (χ4v) is 5.56. The Kier molecular flexibility index (Phi) is 14.4. The largest absolute Gasteiger partial charge is 0.475 e. The molecular weight excluding hydrogens is 496 g/mol. The lowest BCUT2D eigenvalue weighted by Crippen LogP contribution is -2.30. The van der Waals surface area contributed by atoms with E-state index in [9.17, 15) is 4.57 Å². The summed E-state index contributed by atoms with van der Waals surface area (Å²) in [5, 5.41) is -0.585. The van der Waals surface area contributed by atoms with E-state index < -0.39 is 36.9 Å². The highest BCUT2D eigenvalue weighted by molar-refractivity contribution is 9.09. The van der Waals surface area contributed by atoms with Crippen molar-refractivity contribution in [1.82, 2.24) is 0 Å². The van der Waals surface area contributed by atoms with Gasteiger partial charge in [0, 0.05) is 11.2 Å². The first kappa shape index (κ1) is 25.0. The predicted molar refractivity (Wildman–Crippen MR) is 103 cm³/mol. The Morgan fingerprint density at radius 1 is 0.957 bits per heavy atom. The van der Waals surface area contributed by atoms with Gasteiger partial charge in [0.1, 0.15) is 0 Å². The molecule has 0 heterocycles. The highest BCUT2D eigenvalue weighted by Gasteiger charge is 2.38. The molecule has 23 heavy (non-hydrogen) atoms. The van der Waals surface area contributed by atoms with Gasteiger partial charge in [-0.1, -0.05) is 15.9 Å². The van der Waals surface area contributed by atoms with Gasteiger partial charge in [0.2, 0.25) is 0 Å². The number of alkyl halides is 6. The predicted octanol–water partition coefficient (Wildman–Crippen LogP) is 6.01. The molecule has 0 aliphatic rings. The zero-order valence-electron chi connectivity index (χ0n) is 12.8. The van der Waals surface area contributed by atoms with Gasteiger partial charge < -0.3 is 0 Å². The highest BCUT2D eigenvalue weighted by Crippen LogP contribution is 2.54. The maximum absolute atomic E-state index is 13.0. The smallest absolute Gasteiger partial charge is 0.283 e. The maximum atomic E-state index is 13.0. The topological polar surface area (TPSA) is 44.8 Å². The van der Waals surface area contributed by atoms with Crippen molar-refractivity contribution in [2.75, 3.05) is 23.0 Å². The summed E-state index contributed by atoms with van der Waals surface area (Å²) >= 11 is 32.6. The van der Waals surface area contributed by atoms with Gasteiger partial charge in [-0.3, -0.25) is 13.6 Å². The molecule has 11 heteroatoms. The van der Waals surface area contributed by atoms with Gasteiger partial charge in [-0.15, -0.1) is 58.0 Å². The summed E-state index contributed by atoms with van der Waals surface area (Å²) in [7, 11) is -4.00. The van der Waals surface area contributed by atoms with Crippen LogP contribution in [0.3, 0.4) is 0 Å². The molecule has 0 saturated carbocycles. The SMILES string of the molecule is CC(Cl)C(CCl)OP(=O)(OC(CBr)CCCl)OC(CCl)C(C)Cl. The van der Waals surface area contributed by atoms with E-state index in [1.54, 1.807) is 13.8 Å². The zero-order valence-corrected chi connectivity index (χ0v) is 19.0. The van der Waals surface area contributed by atoms with Gasteiger partial charge in [-0.2, -0.15) is 0 Å². The fraction of sp³-hybridized carbons (Fsp3) is 1.00. The second-order valence-electron chi connectivity index (χ2n) is 4.76. The van der Waals surface area contributed by atoms with Gasteiger partial charge >= 0.3 is 7.82 Å². The average Bonchev–Trinajstić information content (AvgIpc) is 2.49. The van der Waals surface area contributed by atoms with Crippen molar-refractivity contribution in [3.63, 3.8) is 0 Å². The summed E-state index contributed by atoms with van der Waals surface area (Å²) < 4.78 is 29.5. The molecule has 0 aliphatic carbocycles. The molecular formula is C12H21BrCl5O4P. The Morgan fingerprint density at radius 3 is 1.65 bits per heavy atom. The van der Waals surface area contributed by atoms with Gasteiger partial charge in [0.05, 0.1) is 40.8 Å². The Balaban J connectivity index is 5.27. The first-order valence-electron chi connectivity index (χ1n) is 6.90. The van der Waals surface area contributed by atoms with E-state index in [0.717, 1.165) is 0 Å². The third kappa shape index (κ3) is 10.1. The Morgan fingerprint density at radius 2 is 1.39 bits per heavy atom. The molecule has 0 aromatic carbocycles. The first-order valence-corrected chi connectivity index (χ1v) is 12.0. The molecule has 0 radical (unpaired) electrons. The van der Waals surface area contributed by atoms with Crippen molar-refractivity contribution in [3.8, 4) is 0 Å². The van der Waals surface area contributed by atoms with Gasteiger partial charge in [-0.25, -0.2) is 4.57 Å². The Hall–Kier alpha value is 2.04. The fourth-order valence-electron chi connectivity index (χ4n) is 1.34. The number of rotatable bonds is 13. The normalized spacial score (nSPS) is 21.2. The Bertz CT molecular complexity index is 342. The molecule has 5 atom stereocenters. The van der Waals surface area contributed by atoms with E-state index in [-0.39, 0.29) is 11.8 Å². The third-order valence-electron chi connectivity index (χ3n) is 2.74. The summed E-state index contributed by atoms with van der Waals surface area (Å²) in [6.07, 6.45) is -1.47. The molecule has 0 bridgehead atoms. The second-order valence-corrected chi connectivity index (χ2v) is 9.30. The van der Waals surface area contributed by atoms with Crippen molar-refractivity contribution in [3.05, 3.63) is 0 Å². The van der Waals surface area contributed by atoms with Crippen LogP contribution in [0.5, 0.6) is 0 Å². The summed E-state index contributed by atoms with van der Waals surface area (Å²) in [5.41, 5.74) is 0. The molecule has 0 rings (SSSR count). The highest BCUT2D eigenvalue weighted by atomic mass is 79.9. The summed E-state index contributed by atoms with van der Waals surface area (Å²) in [4.78, 5) is 0. The van der Waals surface area contributed by atoms with Crippen molar-refractivity contribution < 1.29 is 18.1 Å². The summed E-state index contributed by atoms with van der Waals surface area (Å²) in [5.74, 6) is 0.377. The van der Waals surface area contributed by atoms with E-state index in [0.29, 0.717) is 17.6 Å². The van der Waals surface area contributed by atoms with Crippen molar-refractivity contribution in [2.45, 2.75) is 49.3 Å². The zero-order chi connectivity index (χ0) is 18.0. The van der Waals surface area contributed by atoms with E-state index in [2.05, 4.69) is 15.9 Å². The van der Waals surface area contributed by atoms with Crippen LogP contribution in [0.4, 0.5) is 0 Å². The van der Waals surface area contributed by atoms with E-state index in [1.165, 1.54) is 0 Å². The van der Waals surface area contributed by atoms with Crippen molar-refractivity contribution in [1.29, 1.82) is 0 Å². The molecule has 0 aliphatic heterocycles. The van der Waals surface area contributed by atoms with Crippen LogP contribution >= 0.6 is 81.8 Å². The molecule has 140 valence electrons. The van der Waals surface area contributed by atoms with E-state index >= 15 is 0 Å².